The number of para-hydroxylation sites is 1. The van der Waals surface area contributed by atoms with Crippen LogP contribution in [-0.4, -0.2) is 5.11 Å². The molecule has 0 amide bonds. The lowest BCUT2D eigenvalue weighted by atomic mass is 9.77. The number of hydrogen-bond acceptors (Lipinski definition) is 2. The summed E-state index contributed by atoms with van der Waals surface area (Å²) >= 11 is 5.82. The summed E-state index contributed by atoms with van der Waals surface area (Å²) < 4.78 is 0. The Hall–Kier alpha value is -0.440. The third-order valence-electron chi connectivity index (χ3n) is 3.03. The van der Waals surface area contributed by atoms with E-state index in [9.17, 15) is 5.11 Å². The smallest absolute Gasteiger partial charge is 0.138 e. The van der Waals surface area contributed by atoms with Crippen LogP contribution in [0.2, 0.25) is 5.02 Å². The minimum absolute atomic E-state index is 0. The van der Waals surface area contributed by atoms with Crippen LogP contribution in [0, 0.1) is 5.92 Å². The van der Waals surface area contributed by atoms with E-state index in [1.54, 1.807) is 6.07 Å². The van der Waals surface area contributed by atoms with Gasteiger partial charge in [0.2, 0.25) is 0 Å². The maximum absolute atomic E-state index is 9.72. The van der Waals surface area contributed by atoms with Gasteiger partial charge >= 0.3 is 0 Å². The van der Waals surface area contributed by atoms with Crippen LogP contribution < -0.4 is 5.73 Å². The molecule has 1 aliphatic rings. The van der Waals surface area contributed by atoms with Crippen LogP contribution in [0.5, 0.6) is 5.75 Å². The van der Waals surface area contributed by atoms with Gasteiger partial charge in [0.05, 0.1) is 5.02 Å². The molecule has 4 heteroatoms. The van der Waals surface area contributed by atoms with Crippen molar-refractivity contribution in [2.75, 3.05) is 0 Å². The standard InChI is InChI=1S/C11H14ClNO.ClH/c12-9-6-2-5-8(11(9)14)10(13)7-3-1-4-7;/h2,5-7,10,14H,1,3-4,13H2;1H/t10-;/m1./s1. The number of rotatable bonds is 2. The lowest BCUT2D eigenvalue weighted by molar-refractivity contribution is 0.260. The van der Waals surface area contributed by atoms with Gasteiger partial charge in [-0.1, -0.05) is 30.2 Å². The van der Waals surface area contributed by atoms with E-state index < -0.39 is 0 Å². The van der Waals surface area contributed by atoms with Crippen molar-refractivity contribution in [3.63, 3.8) is 0 Å². The average molecular weight is 248 g/mol. The van der Waals surface area contributed by atoms with Crippen molar-refractivity contribution in [2.24, 2.45) is 11.7 Å². The van der Waals surface area contributed by atoms with Crippen molar-refractivity contribution < 1.29 is 5.11 Å². The molecule has 0 heterocycles. The van der Waals surface area contributed by atoms with E-state index in [1.807, 2.05) is 12.1 Å². The predicted octanol–water partition coefficient (Wildman–Crippen LogP) is 3.27. The Labute approximate surface area is 101 Å². The third-order valence-corrected chi connectivity index (χ3v) is 3.34. The summed E-state index contributed by atoms with van der Waals surface area (Å²) in [5.41, 5.74) is 6.83. The zero-order valence-corrected chi connectivity index (χ0v) is 9.89. The van der Waals surface area contributed by atoms with Crippen LogP contribution in [0.3, 0.4) is 0 Å². The molecule has 84 valence electrons. The molecule has 0 aromatic heterocycles. The van der Waals surface area contributed by atoms with E-state index in [0.29, 0.717) is 10.9 Å². The molecule has 1 aliphatic carbocycles. The Morgan fingerprint density at radius 2 is 2.07 bits per heavy atom. The first-order valence-corrected chi connectivity index (χ1v) is 5.31. The highest BCUT2D eigenvalue weighted by atomic mass is 35.5. The van der Waals surface area contributed by atoms with Gasteiger partial charge in [-0.05, 0) is 24.8 Å². The van der Waals surface area contributed by atoms with E-state index in [4.69, 9.17) is 17.3 Å². The molecule has 15 heavy (non-hydrogen) atoms. The third kappa shape index (κ3) is 2.39. The topological polar surface area (TPSA) is 46.2 Å². The molecule has 1 atom stereocenters. The molecule has 0 aliphatic heterocycles. The van der Waals surface area contributed by atoms with Gasteiger partial charge in [0.15, 0.2) is 0 Å². The van der Waals surface area contributed by atoms with Gasteiger partial charge in [0.25, 0.3) is 0 Å². The molecule has 0 spiro atoms. The molecule has 0 bridgehead atoms. The maximum atomic E-state index is 9.72. The van der Waals surface area contributed by atoms with Crippen molar-refractivity contribution in [1.82, 2.24) is 0 Å². The van der Waals surface area contributed by atoms with Gasteiger partial charge in [-0.2, -0.15) is 0 Å². The molecular formula is C11H15Cl2NO. The van der Waals surface area contributed by atoms with Gasteiger partial charge in [0.1, 0.15) is 5.75 Å². The van der Waals surface area contributed by atoms with E-state index in [1.165, 1.54) is 6.42 Å². The zero-order valence-electron chi connectivity index (χ0n) is 8.32. The van der Waals surface area contributed by atoms with Crippen LogP contribution in [0.15, 0.2) is 18.2 Å². The molecule has 0 unspecified atom stereocenters. The highest BCUT2D eigenvalue weighted by Gasteiger charge is 2.27. The normalized spacial score (nSPS) is 17.7. The second-order valence-electron chi connectivity index (χ2n) is 3.89. The van der Waals surface area contributed by atoms with Crippen LogP contribution >= 0.6 is 24.0 Å². The Balaban J connectivity index is 0.00000112. The molecular weight excluding hydrogens is 233 g/mol. The molecule has 1 aromatic carbocycles. The average Bonchev–Trinajstić information content (AvgIpc) is 2.06. The zero-order chi connectivity index (χ0) is 10.1. The summed E-state index contributed by atoms with van der Waals surface area (Å²) in [6.07, 6.45) is 3.57. The second-order valence-corrected chi connectivity index (χ2v) is 4.30. The number of halogens is 2. The maximum Gasteiger partial charge on any atom is 0.138 e. The molecule has 1 fully saturated rings. The van der Waals surface area contributed by atoms with Gasteiger partial charge in [0, 0.05) is 11.6 Å². The Morgan fingerprint density at radius 1 is 1.40 bits per heavy atom. The molecule has 2 nitrogen and oxygen atoms in total. The van der Waals surface area contributed by atoms with Crippen molar-refractivity contribution in [1.29, 1.82) is 0 Å². The fourth-order valence-electron chi connectivity index (χ4n) is 1.85. The van der Waals surface area contributed by atoms with E-state index in [2.05, 4.69) is 0 Å². The lowest BCUT2D eigenvalue weighted by Gasteiger charge is -2.31. The van der Waals surface area contributed by atoms with Crippen LogP contribution in [0.4, 0.5) is 0 Å². The minimum atomic E-state index is -0.0672. The van der Waals surface area contributed by atoms with Crippen molar-refractivity contribution in [3.8, 4) is 5.75 Å². The molecule has 1 aromatic rings. The van der Waals surface area contributed by atoms with Gasteiger partial charge < -0.3 is 10.8 Å². The number of phenols is 1. The lowest BCUT2D eigenvalue weighted by Crippen LogP contribution is -2.26. The van der Waals surface area contributed by atoms with E-state index in [0.717, 1.165) is 18.4 Å². The first-order chi connectivity index (χ1) is 6.70. The molecule has 3 N–H and O–H groups in total. The Morgan fingerprint density at radius 3 is 2.60 bits per heavy atom. The van der Waals surface area contributed by atoms with Crippen molar-refractivity contribution in [2.45, 2.75) is 25.3 Å². The molecule has 1 saturated carbocycles. The van der Waals surface area contributed by atoms with Crippen LogP contribution in [0.1, 0.15) is 30.9 Å². The number of aromatic hydroxyl groups is 1. The molecule has 0 radical (unpaired) electrons. The Bertz CT molecular complexity index is 339. The van der Waals surface area contributed by atoms with Gasteiger partial charge in [-0.15, -0.1) is 12.4 Å². The Kier molecular flexibility index (Phi) is 4.26. The van der Waals surface area contributed by atoms with Crippen LogP contribution in [-0.2, 0) is 0 Å². The summed E-state index contributed by atoms with van der Waals surface area (Å²) in [7, 11) is 0. The summed E-state index contributed by atoms with van der Waals surface area (Å²) in [4.78, 5) is 0. The van der Waals surface area contributed by atoms with Gasteiger partial charge in [-0.3, -0.25) is 0 Å². The van der Waals surface area contributed by atoms with Crippen molar-refractivity contribution in [3.05, 3.63) is 28.8 Å². The summed E-state index contributed by atoms with van der Waals surface area (Å²) in [5, 5.41) is 10.1. The SMILES string of the molecule is Cl.N[C@@H](c1cccc(Cl)c1O)C1CCC1. The summed E-state index contributed by atoms with van der Waals surface area (Å²) in [5.74, 6) is 0.660. The summed E-state index contributed by atoms with van der Waals surface area (Å²) in [6.45, 7) is 0. The van der Waals surface area contributed by atoms with E-state index >= 15 is 0 Å². The predicted molar refractivity (Wildman–Crippen MR) is 64.6 cm³/mol. The minimum Gasteiger partial charge on any atom is -0.506 e. The fraction of sp³-hybridized carbons (Fsp3) is 0.455. The first kappa shape index (κ1) is 12.6. The highest BCUT2D eigenvalue weighted by Crippen LogP contribution is 2.40. The van der Waals surface area contributed by atoms with E-state index in [-0.39, 0.29) is 24.2 Å². The first-order valence-electron chi connectivity index (χ1n) is 4.93. The number of hydrogen-bond donors (Lipinski definition) is 2. The van der Waals surface area contributed by atoms with Crippen LogP contribution in [0.25, 0.3) is 0 Å². The van der Waals surface area contributed by atoms with Crippen molar-refractivity contribution >= 4 is 24.0 Å². The van der Waals surface area contributed by atoms with Gasteiger partial charge in [-0.25, -0.2) is 0 Å². The quantitative estimate of drug-likeness (QED) is 0.843. The number of phenolic OH excluding ortho intramolecular Hbond substituents is 1. The molecule has 0 saturated heterocycles. The number of benzene rings is 1. The number of nitrogens with two attached hydrogens (primary N) is 1. The highest BCUT2D eigenvalue weighted by molar-refractivity contribution is 6.32. The summed E-state index contributed by atoms with van der Waals surface area (Å²) in [6, 6.07) is 5.29. The second kappa shape index (κ2) is 5.06. The monoisotopic (exact) mass is 247 g/mol. The molecule has 2 rings (SSSR count). The largest absolute Gasteiger partial charge is 0.506 e. The fourth-order valence-corrected chi connectivity index (χ4v) is 2.04.